The van der Waals surface area contributed by atoms with E-state index in [9.17, 15) is 5.11 Å². The first-order chi connectivity index (χ1) is 10.2. The summed E-state index contributed by atoms with van der Waals surface area (Å²) in [4.78, 5) is 8.66. The highest BCUT2D eigenvalue weighted by atomic mass is 16.3. The lowest BCUT2D eigenvalue weighted by atomic mass is 9.92. The van der Waals surface area contributed by atoms with Crippen LogP contribution in [0.1, 0.15) is 29.1 Å². The van der Waals surface area contributed by atoms with Crippen LogP contribution in [-0.2, 0) is 5.41 Å². The van der Waals surface area contributed by atoms with Crippen molar-refractivity contribution in [1.82, 2.24) is 9.97 Å². The van der Waals surface area contributed by atoms with E-state index in [1.54, 1.807) is 0 Å². The lowest BCUT2D eigenvalue weighted by Gasteiger charge is -2.13. The minimum atomic E-state index is -0.0344. The van der Waals surface area contributed by atoms with Crippen LogP contribution in [0.25, 0.3) is 6.08 Å². The Morgan fingerprint density at radius 2 is 2.05 bits per heavy atom. The van der Waals surface area contributed by atoms with Gasteiger partial charge in [-0.25, -0.2) is 9.97 Å². The summed E-state index contributed by atoms with van der Waals surface area (Å²) < 4.78 is 0. The van der Waals surface area contributed by atoms with Crippen LogP contribution in [-0.4, -0.2) is 21.7 Å². The van der Waals surface area contributed by atoms with Gasteiger partial charge in [-0.2, -0.15) is 0 Å². The van der Waals surface area contributed by atoms with Crippen molar-refractivity contribution in [3.05, 3.63) is 65.2 Å². The van der Waals surface area contributed by atoms with Crippen molar-refractivity contribution in [3.63, 3.8) is 0 Å². The predicted molar refractivity (Wildman–Crippen MR) is 83.9 cm³/mol. The highest BCUT2D eigenvalue weighted by Crippen LogP contribution is 2.55. The summed E-state index contributed by atoms with van der Waals surface area (Å²) in [6.45, 7) is 4.12. The first-order valence-corrected chi connectivity index (χ1v) is 7.31. The maximum atomic E-state index is 9.53. The van der Waals surface area contributed by atoms with Crippen LogP contribution in [0.5, 0.6) is 0 Å². The molecule has 108 valence electrons. The molecule has 0 radical (unpaired) electrons. The third-order valence-electron chi connectivity index (χ3n) is 4.38. The van der Waals surface area contributed by atoms with Crippen LogP contribution in [0.15, 0.2) is 42.6 Å². The lowest BCUT2D eigenvalue weighted by Crippen LogP contribution is -2.08. The molecular weight excluding hydrogens is 260 g/mol. The van der Waals surface area contributed by atoms with Crippen molar-refractivity contribution in [1.29, 1.82) is 0 Å². The Balaban J connectivity index is 1.92. The van der Waals surface area contributed by atoms with Crippen LogP contribution in [0, 0.1) is 19.8 Å². The number of aryl methyl sites for hydroxylation is 2. The molecule has 21 heavy (non-hydrogen) atoms. The third-order valence-corrected chi connectivity index (χ3v) is 4.38. The van der Waals surface area contributed by atoms with E-state index >= 15 is 0 Å². The normalized spacial score (nSPS) is 24.4. The van der Waals surface area contributed by atoms with Gasteiger partial charge >= 0.3 is 0 Å². The predicted octanol–water partition coefficient (Wildman–Crippen LogP) is 3.06. The van der Waals surface area contributed by atoms with Gasteiger partial charge in [0.2, 0.25) is 0 Å². The monoisotopic (exact) mass is 280 g/mol. The molecule has 0 unspecified atom stereocenters. The van der Waals surface area contributed by atoms with Gasteiger partial charge in [0.05, 0.1) is 0 Å². The van der Waals surface area contributed by atoms with Crippen LogP contribution in [0.3, 0.4) is 0 Å². The summed E-state index contributed by atoms with van der Waals surface area (Å²) >= 11 is 0. The van der Waals surface area contributed by atoms with Crippen molar-refractivity contribution in [3.8, 4) is 0 Å². The fraction of sp³-hybridized carbons (Fsp3) is 0.333. The highest BCUT2D eigenvalue weighted by molar-refractivity contribution is 5.56. The smallest absolute Gasteiger partial charge is 0.125 e. The highest BCUT2D eigenvalue weighted by Gasteiger charge is 2.52. The number of aliphatic hydroxyl groups is 1. The second kappa shape index (κ2) is 5.41. The maximum Gasteiger partial charge on any atom is 0.125 e. The zero-order chi connectivity index (χ0) is 14.9. The number of rotatable bonds is 4. The van der Waals surface area contributed by atoms with Gasteiger partial charge in [-0.15, -0.1) is 0 Å². The second-order valence-electron chi connectivity index (χ2n) is 5.78. The van der Waals surface area contributed by atoms with E-state index in [2.05, 4.69) is 46.4 Å². The van der Waals surface area contributed by atoms with E-state index < -0.39 is 0 Å². The fourth-order valence-electron chi connectivity index (χ4n) is 2.97. The van der Waals surface area contributed by atoms with Gasteiger partial charge in [-0.3, -0.25) is 0 Å². The standard InChI is InChI=1S/C18H20N2O/c1-13-15(11-19-14(2)20-13)8-9-18(10-17(18)12-21)16-6-4-3-5-7-16/h3-9,11,17,21H,10,12H2,1-2H3/t17-,18-/m0/s1. The molecule has 3 nitrogen and oxygen atoms in total. The average molecular weight is 280 g/mol. The molecule has 1 aromatic heterocycles. The van der Waals surface area contributed by atoms with Gasteiger partial charge in [0.1, 0.15) is 5.82 Å². The largest absolute Gasteiger partial charge is 0.396 e. The van der Waals surface area contributed by atoms with Crippen molar-refractivity contribution in [2.75, 3.05) is 6.61 Å². The minimum Gasteiger partial charge on any atom is -0.396 e. The molecule has 2 aromatic rings. The fourth-order valence-corrected chi connectivity index (χ4v) is 2.97. The van der Waals surface area contributed by atoms with Crippen molar-refractivity contribution < 1.29 is 5.11 Å². The lowest BCUT2D eigenvalue weighted by molar-refractivity contribution is 0.268. The summed E-state index contributed by atoms with van der Waals surface area (Å²) in [6.07, 6.45) is 7.17. The van der Waals surface area contributed by atoms with Crippen molar-refractivity contribution in [2.24, 2.45) is 5.92 Å². The molecule has 1 fully saturated rings. The summed E-state index contributed by atoms with van der Waals surface area (Å²) in [5.41, 5.74) is 3.27. The quantitative estimate of drug-likeness (QED) is 0.936. The molecule has 1 aliphatic rings. The molecule has 3 rings (SSSR count). The number of aromatic nitrogens is 2. The molecular formula is C18H20N2O. The molecule has 0 spiro atoms. The van der Waals surface area contributed by atoms with Gasteiger partial charge in [-0.05, 0) is 31.7 Å². The van der Waals surface area contributed by atoms with Gasteiger partial charge in [0.15, 0.2) is 0 Å². The molecule has 1 aliphatic carbocycles. The maximum absolute atomic E-state index is 9.53. The molecule has 0 bridgehead atoms. The zero-order valence-electron chi connectivity index (χ0n) is 12.5. The topological polar surface area (TPSA) is 46.0 Å². The number of aliphatic hydroxyl groups excluding tert-OH is 1. The molecule has 1 N–H and O–H groups in total. The number of nitrogens with zero attached hydrogens (tertiary/aromatic N) is 2. The van der Waals surface area contributed by atoms with Crippen molar-refractivity contribution >= 4 is 6.08 Å². The first kappa shape index (κ1) is 14.0. The first-order valence-electron chi connectivity index (χ1n) is 7.31. The molecule has 1 heterocycles. The Hall–Kier alpha value is -2.00. The van der Waals surface area contributed by atoms with Crippen LogP contribution in [0.2, 0.25) is 0 Å². The number of benzene rings is 1. The molecule has 0 amide bonds. The van der Waals surface area contributed by atoms with E-state index in [-0.39, 0.29) is 12.0 Å². The molecule has 2 atom stereocenters. The Bertz CT molecular complexity index is 666. The third kappa shape index (κ3) is 2.61. The van der Waals surface area contributed by atoms with E-state index in [4.69, 9.17) is 0 Å². The van der Waals surface area contributed by atoms with Crippen LogP contribution in [0.4, 0.5) is 0 Å². The SMILES string of the molecule is Cc1ncc(C=C[C@@]2(c3ccccc3)C[C@H]2CO)c(C)n1. The zero-order valence-corrected chi connectivity index (χ0v) is 12.5. The Morgan fingerprint density at radius 3 is 2.67 bits per heavy atom. The second-order valence-corrected chi connectivity index (χ2v) is 5.78. The van der Waals surface area contributed by atoms with Gasteiger partial charge in [0, 0.05) is 29.5 Å². The van der Waals surface area contributed by atoms with Gasteiger partial charge in [0.25, 0.3) is 0 Å². The molecule has 0 aliphatic heterocycles. The number of hydrogen-bond acceptors (Lipinski definition) is 3. The molecule has 3 heteroatoms. The van der Waals surface area contributed by atoms with Gasteiger partial charge in [-0.1, -0.05) is 42.5 Å². The van der Waals surface area contributed by atoms with Crippen LogP contribution < -0.4 is 0 Å². The van der Waals surface area contributed by atoms with E-state index in [1.807, 2.05) is 26.1 Å². The Labute approximate surface area is 125 Å². The van der Waals surface area contributed by atoms with E-state index in [0.717, 1.165) is 23.5 Å². The Kier molecular flexibility index (Phi) is 3.60. The summed E-state index contributed by atoms with van der Waals surface area (Å²) in [5, 5.41) is 9.53. The molecule has 1 saturated carbocycles. The van der Waals surface area contributed by atoms with Crippen LogP contribution >= 0.6 is 0 Å². The van der Waals surface area contributed by atoms with Gasteiger partial charge < -0.3 is 5.11 Å². The average Bonchev–Trinajstić information content (AvgIpc) is 3.22. The number of hydrogen-bond donors (Lipinski definition) is 1. The number of allylic oxidation sites excluding steroid dienone is 1. The van der Waals surface area contributed by atoms with E-state index in [1.165, 1.54) is 5.56 Å². The van der Waals surface area contributed by atoms with E-state index in [0.29, 0.717) is 5.92 Å². The molecule has 0 saturated heterocycles. The summed E-state index contributed by atoms with van der Waals surface area (Å²) in [6, 6.07) is 10.4. The Morgan fingerprint density at radius 1 is 1.29 bits per heavy atom. The summed E-state index contributed by atoms with van der Waals surface area (Å²) in [7, 11) is 0. The minimum absolute atomic E-state index is 0.0344. The molecule has 1 aromatic carbocycles. The summed E-state index contributed by atoms with van der Waals surface area (Å²) in [5.74, 6) is 1.10. The van der Waals surface area contributed by atoms with Crippen molar-refractivity contribution in [2.45, 2.75) is 25.7 Å².